The smallest absolute Gasteiger partial charge is 0.550 e. The molecule has 0 heterocycles. The Hall–Kier alpha value is -0.450. The molecule has 0 aliphatic rings. The molecule has 0 fully saturated rings. The van der Waals surface area contributed by atoms with Crippen molar-refractivity contribution in [1.29, 1.82) is 0 Å². The van der Waals surface area contributed by atoms with Gasteiger partial charge in [-0.1, -0.05) is 13.8 Å². The molecule has 0 spiro atoms. The Labute approximate surface area is 165 Å². The Bertz CT molecular complexity index is 364. The number of carboxylic acid groups (broad SMARTS) is 2. The van der Waals surface area contributed by atoms with Crippen molar-refractivity contribution in [2.24, 2.45) is 11.1 Å². The second-order valence-electron chi connectivity index (χ2n) is 5.23. The Morgan fingerprint density at radius 1 is 1.17 bits per heavy atom. The zero-order chi connectivity index (χ0) is 17.8. The van der Waals surface area contributed by atoms with Crippen molar-refractivity contribution in [1.82, 2.24) is 5.32 Å². The van der Waals surface area contributed by atoms with E-state index in [0.717, 1.165) is 0 Å². The number of carboxylic acids is 2. The van der Waals surface area contributed by atoms with E-state index >= 15 is 0 Å². The van der Waals surface area contributed by atoms with Crippen molar-refractivity contribution < 1.29 is 34.8 Å². The van der Waals surface area contributed by atoms with E-state index in [2.05, 4.69) is 5.32 Å². The second-order valence-corrected chi connectivity index (χ2v) is 5.23. The third-order valence-corrected chi connectivity index (χ3v) is 2.61. The van der Waals surface area contributed by atoms with Gasteiger partial charge in [-0.2, -0.15) is 0 Å². The summed E-state index contributed by atoms with van der Waals surface area (Å²) in [4.78, 5) is 30.9. The molecular formula is C13H24CaN2O7. The van der Waals surface area contributed by atoms with Gasteiger partial charge in [-0.05, 0) is 19.4 Å². The monoisotopic (exact) mass is 360 g/mol. The van der Waals surface area contributed by atoms with E-state index in [1.807, 2.05) is 0 Å². The summed E-state index contributed by atoms with van der Waals surface area (Å²) in [5.41, 5.74) is 4.03. The number of aliphatic hydroxyl groups is 2. The van der Waals surface area contributed by atoms with Crippen molar-refractivity contribution in [2.75, 3.05) is 19.7 Å². The Morgan fingerprint density at radius 2 is 1.65 bits per heavy atom. The Kier molecular flexibility index (Phi) is 18.0. The fraction of sp³-hybridized carbons (Fsp3) is 0.769. The number of aliphatic carboxylic acids is 2. The van der Waals surface area contributed by atoms with E-state index in [9.17, 15) is 29.7 Å². The predicted octanol–water partition coefficient (Wildman–Crippen LogP) is -4.28. The summed E-state index contributed by atoms with van der Waals surface area (Å²) >= 11 is 0. The van der Waals surface area contributed by atoms with Crippen LogP contribution in [0, 0.1) is 5.41 Å². The maximum absolute atomic E-state index is 11.2. The van der Waals surface area contributed by atoms with Crippen LogP contribution in [0.2, 0.25) is 0 Å². The summed E-state index contributed by atoms with van der Waals surface area (Å²) in [6, 6.07) is 0. The predicted molar refractivity (Wildman–Crippen MR) is 78.6 cm³/mol. The minimum absolute atomic E-state index is 0. The Balaban J connectivity index is -0.000000425. The van der Waals surface area contributed by atoms with Gasteiger partial charge in [0.2, 0.25) is 5.91 Å². The van der Waals surface area contributed by atoms with E-state index in [-0.39, 0.29) is 63.7 Å². The molecule has 9 nitrogen and oxygen atoms in total. The van der Waals surface area contributed by atoms with Crippen molar-refractivity contribution in [3.8, 4) is 0 Å². The Morgan fingerprint density at radius 3 is 1.96 bits per heavy atom. The third kappa shape index (κ3) is 16.2. The molecule has 1 amide bonds. The molecule has 0 rings (SSSR count). The molecule has 0 aliphatic heterocycles. The summed E-state index contributed by atoms with van der Waals surface area (Å²) in [6.07, 6.45) is -1.08. The van der Waals surface area contributed by atoms with Crippen molar-refractivity contribution in [2.45, 2.75) is 39.2 Å². The molecule has 0 saturated heterocycles. The number of nitrogens with two attached hydrogens (primary N) is 1. The molecule has 23 heavy (non-hydrogen) atoms. The van der Waals surface area contributed by atoms with Gasteiger partial charge in [-0.3, -0.25) is 4.79 Å². The molecule has 0 saturated carbocycles. The van der Waals surface area contributed by atoms with Crippen LogP contribution in [0.5, 0.6) is 0 Å². The van der Waals surface area contributed by atoms with E-state index < -0.39 is 29.4 Å². The number of hydrogen-bond acceptors (Lipinski definition) is 8. The van der Waals surface area contributed by atoms with Crippen molar-refractivity contribution in [3.63, 3.8) is 0 Å². The largest absolute Gasteiger partial charge is 2.00 e. The van der Waals surface area contributed by atoms with Crippen LogP contribution in [-0.4, -0.2) is 91.6 Å². The number of rotatable bonds is 9. The maximum atomic E-state index is 11.2. The molecular weight excluding hydrogens is 336 g/mol. The topological polar surface area (TPSA) is 176 Å². The average molecular weight is 360 g/mol. The van der Waals surface area contributed by atoms with Crippen LogP contribution < -0.4 is 21.3 Å². The van der Waals surface area contributed by atoms with Crippen LogP contribution in [0.1, 0.15) is 33.1 Å². The van der Waals surface area contributed by atoms with Gasteiger partial charge >= 0.3 is 37.7 Å². The van der Waals surface area contributed by atoms with Gasteiger partial charge in [0.25, 0.3) is 0 Å². The number of amides is 1. The summed E-state index contributed by atoms with van der Waals surface area (Å²) in [7, 11) is 0. The van der Waals surface area contributed by atoms with E-state index in [4.69, 9.17) is 10.8 Å². The van der Waals surface area contributed by atoms with Gasteiger partial charge in [0.05, 0.1) is 6.61 Å². The fourth-order valence-corrected chi connectivity index (χ4v) is 1.07. The number of nitrogens with one attached hydrogen (secondary N) is 1. The summed E-state index contributed by atoms with van der Waals surface area (Å²) in [5, 5.41) is 40.2. The van der Waals surface area contributed by atoms with Crippen LogP contribution in [0.25, 0.3) is 0 Å². The van der Waals surface area contributed by atoms with Gasteiger partial charge in [0, 0.05) is 30.3 Å². The summed E-state index contributed by atoms with van der Waals surface area (Å²) in [6.45, 7) is 3.03. The zero-order valence-corrected chi connectivity index (χ0v) is 15.7. The first-order valence-electron chi connectivity index (χ1n) is 6.74. The maximum Gasteiger partial charge on any atom is 2.00 e. The van der Waals surface area contributed by atoms with Gasteiger partial charge in [-0.25, -0.2) is 0 Å². The van der Waals surface area contributed by atoms with E-state index in [1.54, 1.807) is 0 Å². The molecule has 0 aliphatic carbocycles. The van der Waals surface area contributed by atoms with E-state index in [1.165, 1.54) is 13.8 Å². The molecule has 130 valence electrons. The van der Waals surface area contributed by atoms with Crippen molar-refractivity contribution >= 4 is 55.6 Å². The zero-order valence-electron chi connectivity index (χ0n) is 13.5. The molecule has 10 heteroatoms. The second kappa shape index (κ2) is 15.1. The van der Waals surface area contributed by atoms with Gasteiger partial charge in [0.15, 0.2) is 0 Å². The first-order chi connectivity index (χ1) is 10.1. The first kappa shape index (κ1) is 27.4. The molecule has 0 unspecified atom stereocenters. The number of hydrogen-bond donors (Lipinski definition) is 4. The van der Waals surface area contributed by atoms with Crippen molar-refractivity contribution in [3.05, 3.63) is 0 Å². The number of carbonyl (C=O) groups excluding carboxylic acids is 3. The minimum Gasteiger partial charge on any atom is -0.550 e. The van der Waals surface area contributed by atoms with Crippen LogP contribution in [0.4, 0.5) is 0 Å². The minimum atomic E-state index is -1.37. The normalized spacial score (nSPS) is 11.3. The SMILES string of the molecule is CC(C)(CO)[C@@H](O)C(=O)NCCC(=O)[O-].NCCCC(=O)[O-].[Ca+2]. The number of aliphatic hydroxyl groups excluding tert-OH is 2. The van der Waals surface area contributed by atoms with Gasteiger partial charge < -0.3 is 41.1 Å². The molecule has 0 bridgehead atoms. The first-order valence-corrected chi connectivity index (χ1v) is 6.74. The molecule has 0 radical (unpaired) electrons. The molecule has 1 atom stereocenters. The summed E-state index contributed by atoms with van der Waals surface area (Å²) < 4.78 is 0. The number of carbonyl (C=O) groups is 3. The molecule has 0 aromatic carbocycles. The molecule has 0 aromatic rings. The van der Waals surface area contributed by atoms with Gasteiger partial charge in [-0.15, -0.1) is 0 Å². The van der Waals surface area contributed by atoms with Crippen LogP contribution in [0.3, 0.4) is 0 Å². The summed E-state index contributed by atoms with van der Waals surface area (Å²) in [5.74, 6) is -2.99. The van der Waals surface area contributed by atoms with Gasteiger partial charge in [0.1, 0.15) is 6.10 Å². The van der Waals surface area contributed by atoms with Crippen LogP contribution >= 0.6 is 0 Å². The van der Waals surface area contributed by atoms with E-state index in [0.29, 0.717) is 13.0 Å². The fourth-order valence-electron chi connectivity index (χ4n) is 1.07. The molecule has 5 N–H and O–H groups in total. The quantitative estimate of drug-likeness (QED) is 0.299. The van der Waals surface area contributed by atoms with Crippen LogP contribution in [0.15, 0.2) is 0 Å². The standard InChI is InChI=1S/C9H17NO5.C4H9NO2.Ca/c1-9(2,5-11)7(14)8(15)10-4-3-6(12)13;5-3-1-2-4(6)7;/h7,11,14H,3-5H2,1-2H3,(H,10,15)(H,12,13);1-3,5H2,(H,6,7);/q;;+2/p-2/t7-;;/m0../s1. The average Bonchev–Trinajstić information content (AvgIpc) is 2.44. The molecule has 0 aromatic heterocycles. The van der Waals surface area contributed by atoms with Crippen LogP contribution in [-0.2, 0) is 14.4 Å². The third-order valence-electron chi connectivity index (χ3n) is 2.61.